The summed E-state index contributed by atoms with van der Waals surface area (Å²) >= 11 is 0. The van der Waals surface area contributed by atoms with Crippen molar-refractivity contribution in [2.45, 2.75) is 25.4 Å². The molecule has 0 spiro atoms. The molecule has 0 aliphatic carbocycles. The Balaban J connectivity index is 1.82. The van der Waals surface area contributed by atoms with Gasteiger partial charge in [0.15, 0.2) is 5.65 Å². The number of nitrogens with zero attached hydrogens (tertiary/aromatic N) is 6. The van der Waals surface area contributed by atoms with E-state index in [-0.39, 0.29) is 23.0 Å². The lowest BCUT2D eigenvalue weighted by atomic mass is 9.86. The summed E-state index contributed by atoms with van der Waals surface area (Å²) in [7, 11) is 3.19. The summed E-state index contributed by atoms with van der Waals surface area (Å²) in [6, 6.07) is 15.0. The smallest absolute Gasteiger partial charge is 0.418 e. The van der Waals surface area contributed by atoms with Crippen molar-refractivity contribution in [2.75, 3.05) is 19.1 Å². The number of alkyl halides is 3. The molecule has 0 amide bonds. The highest BCUT2D eigenvalue weighted by Crippen LogP contribution is 2.37. The Morgan fingerprint density at radius 3 is 2.31 bits per heavy atom. The number of halogens is 3. The minimum Gasteiger partial charge on any atom is -0.467 e. The Bertz CT molecular complexity index is 1430. The first-order chi connectivity index (χ1) is 16.5. The molecule has 0 unspecified atom stereocenters. The molecule has 0 fully saturated rings. The van der Waals surface area contributed by atoms with Gasteiger partial charge in [0.05, 0.1) is 35.2 Å². The molecular weight excluding hydrogens is 457 g/mol. The highest BCUT2D eigenvalue weighted by Gasteiger charge is 2.34. The largest absolute Gasteiger partial charge is 0.467 e. The van der Waals surface area contributed by atoms with Crippen LogP contribution in [0, 0.1) is 11.3 Å². The van der Waals surface area contributed by atoms with E-state index in [1.54, 1.807) is 18.0 Å². The van der Waals surface area contributed by atoms with Crippen molar-refractivity contribution in [1.82, 2.24) is 19.9 Å². The Morgan fingerprint density at radius 2 is 1.69 bits per heavy atom. The van der Waals surface area contributed by atoms with E-state index < -0.39 is 17.2 Å². The SMILES string of the molecule is COc1nc(N(C)c2ccc(C(C)(C)C#N)cc2)c2ccc(-c3ncccc3C(F)(F)F)nc2n1. The van der Waals surface area contributed by atoms with Crippen molar-refractivity contribution in [2.24, 2.45) is 0 Å². The van der Waals surface area contributed by atoms with Gasteiger partial charge < -0.3 is 9.64 Å². The average Bonchev–Trinajstić information content (AvgIpc) is 2.86. The quantitative estimate of drug-likeness (QED) is 0.364. The van der Waals surface area contributed by atoms with E-state index >= 15 is 0 Å². The first-order valence-corrected chi connectivity index (χ1v) is 10.6. The van der Waals surface area contributed by atoms with Crippen LogP contribution < -0.4 is 9.64 Å². The minimum absolute atomic E-state index is 0.0169. The van der Waals surface area contributed by atoms with Gasteiger partial charge in [-0.3, -0.25) is 4.98 Å². The maximum absolute atomic E-state index is 13.5. The fraction of sp³-hybridized carbons (Fsp3) is 0.240. The first-order valence-electron chi connectivity index (χ1n) is 10.6. The molecule has 0 bridgehead atoms. The van der Waals surface area contributed by atoms with E-state index in [0.717, 1.165) is 17.3 Å². The van der Waals surface area contributed by atoms with Gasteiger partial charge in [0, 0.05) is 18.9 Å². The third-order valence-electron chi connectivity index (χ3n) is 5.63. The Kier molecular flexibility index (Phi) is 6.03. The second-order valence-electron chi connectivity index (χ2n) is 8.34. The molecule has 4 aromatic rings. The number of anilines is 2. The van der Waals surface area contributed by atoms with E-state index in [2.05, 4.69) is 26.0 Å². The van der Waals surface area contributed by atoms with Crippen molar-refractivity contribution < 1.29 is 17.9 Å². The van der Waals surface area contributed by atoms with Gasteiger partial charge in [0.25, 0.3) is 0 Å². The lowest BCUT2D eigenvalue weighted by molar-refractivity contribution is -0.137. The van der Waals surface area contributed by atoms with E-state index in [1.807, 2.05) is 38.1 Å². The second-order valence-corrected chi connectivity index (χ2v) is 8.34. The van der Waals surface area contributed by atoms with Crippen molar-refractivity contribution in [3.8, 4) is 23.5 Å². The molecule has 0 radical (unpaired) electrons. The number of ether oxygens (including phenoxy) is 1. The van der Waals surface area contributed by atoms with Crippen LogP contribution in [-0.2, 0) is 11.6 Å². The lowest BCUT2D eigenvalue weighted by Crippen LogP contribution is -2.16. The van der Waals surface area contributed by atoms with Gasteiger partial charge in [-0.15, -0.1) is 0 Å². The van der Waals surface area contributed by atoms with Gasteiger partial charge in [-0.25, -0.2) is 4.98 Å². The maximum Gasteiger partial charge on any atom is 0.418 e. The van der Waals surface area contributed by atoms with Crippen molar-refractivity contribution in [3.63, 3.8) is 0 Å². The Hall–Kier alpha value is -4.26. The molecule has 7 nitrogen and oxygen atoms in total. The molecule has 3 heterocycles. The molecule has 0 atom stereocenters. The van der Waals surface area contributed by atoms with Crippen LogP contribution in [0.25, 0.3) is 22.4 Å². The Labute approximate surface area is 199 Å². The van der Waals surface area contributed by atoms with Gasteiger partial charge in [-0.05, 0) is 55.8 Å². The number of benzene rings is 1. The van der Waals surface area contributed by atoms with Crippen LogP contribution in [0.1, 0.15) is 25.0 Å². The zero-order chi connectivity index (χ0) is 25.4. The first kappa shape index (κ1) is 23.9. The molecule has 10 heteroatoms. The summed E-state index contributed by atoms with van der Waals surface area (Å²) in [6.07, 6.45) is -3.30. The van der Waals surface area contributed by atoms with Gasteiger partial charge in [0.2, 0.25) is 0 Å². The van der Waals surface area contributed by atoms with E-state index in [0.29, 0.717) is 11.2 Å². The van der Waals surface area contributed by atoms with Crippen molar-refractivity contribution in [3.05, 3.63) is 65.9 Å². The Morgan fingerprint density at radius 1 is 0.971 bits per heavy atom. The maximum atomic E-state index is 13.5. The third-order valence-corrected chi connectivity index (χ3v) is 5.63. The van der Waals surface area contributed by atoms with Crippen LogP contribution >= 0.6 is 0 Å². The molecule has 4 rings (SSSR count). The average molecular weight is 478 g/mol. The van der Waals surface area contributed by atoms with E-state index in [9.17, 15) is 18.4 Å². The van der Waals surface area contributed by atoms with Crippen LogP contribution in [0.4, 0.5) is 24.7 Å². The number of methoxy groups -OCH3 is 1. The predicted molar refractivity (Wildman–Crippen MR) is 125 cm³/mol. The number of rotatable bonds is 5. The fourth-order valence-electron chi connectivity index (χ4n) is 3.58. The molecule has 178 valence electrons. The summed E-state index contributed by atoms with van der Waals surface area (Å²) in [6.45, 7) is 3.67. The normalized spacial score (nSPS) is 11.8. The summed E-state index contributed by atoms with van der Waals surface area (Å²) < 4.78 is 45.8. The van der Waals surface area contributed by atoms with Crippen molar-refractivity contribution in [1.29, 1.82) is 5.26 Å². The van der Waals surface area contributed by atoms with E-state index in [4.69, 9.17) is 4.74 Å². The number of hydrogen-bond donors (Lipinski definition) is 0. The summed E-state index contributed by atoms with van der Waals surface area (Å²) in [5.74, 6) is 0.454. The summed E-state index contributed by atoms with van der Waals surface area (Å²) in [4.78, 5) is 18.8. The molecule has 0 saturated carbocycles. The number of nitriles is 1. The van der Waals surface area contributed by atoms with Crippen molar-refractivity contribution >= 4 is 22.5 Å². The fourth-order valence-corrected chi connectivity index (χ4v) is 3.58. The molecular formula is C25H21F3N6O. The molecule has 3 aromatic heterocycles. The van der Waals surface area contributed by atoms with Crippen LogP contribution in [-0.4, -0.2) is 34.1 Å². The topological polar surface area (TPSA) is 87.8 Å². The molecule has 0 saturated heterocycles. The minimum atomic E-state index is -4.58. The zero-order valence-corrected chi connectivity index (χ0v) is 19.4. The molecule has 0 aliphatic rings. The number of fused-ring (bicyclic) bond motifs is 1. The molecule has 0 N–H and O–H groups in total. The molecule has 35 heavy (non-hydrogen) atoms. The highest BCUT2D eigenvalue weighted by molar-refractivity contribution is 5.91. The van der Waals surface area contributed by atoms with E-state index in [1.165, 1.54) is 25.4 Å². The van der Waals surface area contributed by atoms with Crippen LogP contribution in [0.5, 0.6) is 6.01 Å². The monoisotopic (exact) mass is 478 g/mol. The van der Waals surface area contributed by atoms with Crippen LogP contribution in [0.3, 0.4) is 0 Å². The highest BCUT2D eigenvalue weighted by atomic mass is 19.4. The number of hydrogen-bond acceptors (Lipinski definition) is 7. The third kappa shape index (κ3) is 4.57. The summed E-state index contributed by atoms with van der Waals surface area (Å²) in [5, 5.41) is 9.90. The lowest BCUT2D eigenvalue weighted by Gasteiger charge is -2.22. The zero-order valence-electron chi connectivity index (χ0n) is 19.4. The number of pyridine rings is 2. The van der Waals surface area contributed by atoms with Gasteiger partial charge in [-0.2, -0.15) is 28.4 Å². The van der Waals surface area contributed by atoms with Gasteiger partial charge in [-0.1, -0.05) is 12.1 Å². The summed E-state index contributed by atoms with van der Waals surface area (Å²) in [5.41, 5.74) is 0.0288. The van der Waals surface area contributed by atoms with Crippen LogP contribution in [0.2, 0.25) is 0 Å². The standard InChI is InChI=1S/C25H21F3N6O/c1-24(2,14-29)15-7-9-16(10-8-15)34(3)22-17-11-12-19(31-21(17)32-23(33-22)35-4)20-18(25(26,27)28)6-5-13-30-20/h5-13H,1-4H3. The number of aromatic nitrogens is 4. The van der Waals surface area contributed by atoms with Gasteiger partial charge in [0.1, 0.15) is 11.5 Å². The molecule has 0 aliphatic heterocycles. The van der Waals surface area contributed by atoms with Crippen LogP contribution in [0.15, 0.2) is 54.7 Å². The van der Waals surface area contributed by atoms with Gasteiger partial charge >= 0.3 is 12.2 Å². The predicted octanol–water partition coefficient (Wildman–Crippen LogP) is 5.68. The second kappa shape index (κ2) is 8.83. The molecule has 1 aromatic carbocycles.